The van der Waals surface area contributed by atoms with Crippen LogP contribution in [0.3, 0.4) is 0 Å². The zero-order chi connectivity index (χ0) is 24.7. The highest BCUT2D eigenvalue weighted by atomic mass is 16.5. The minimum absolute atomic E-state index is 0.364. The lowest BCUT2D eigenvalue weighted by atomic mass is 9.53. The van der Waals surface area contributed by atoms with Crippen molar-refractivity contribution in [3.05, 3.63) is 24.3 Å². The van der Waals surface area contributed by atoms with Crippen molar-refractivity contribution < 1.29 is 14.6 Å². The van der Waals surface area contributed by atoms with E-state index in [0.717, 1.165) is 82.9 Å². The maximum Gasteiger partial charge on any atom is 0.309 e. The van der Waals surface area contributed by atoms with E-state index in [4.69, 9.17) is 4.74 Å². The monoisotopic (exact) mass is 482 g/mol. The Kier molecular flexibility index (Phi) is 6.84. The molecule has 1 aromatic carbocycles. The zero-order valence-corrected chi connectivity index (χ0v) is 22.2. The maximum absolute atomic E-state index is 11.7. The smallest absolute Gasteiger partial charge is 0.309 e. The van der Waals surface area contributed by atoms with E-state index in [1.165, 1.54) is 31.4 Å². The van der Waals surface area contributed by atoms with Crippen LogP contribution < -0.4 is 9.64 Å². The molecular formula is C30H46N2O3. The minimum atomic E-state index is -0.552. The summed E-state index contributed by atoms with van der Waals surface area (Å²) < 4.78 is 6.35. The molecular weight excluding hydrogens is 436 g/mol. The summed E-state index contributed by atoms with van der Waals surface area (Å²) in [6.45, 7) is 12.6. The number of hydrogen-bond acceptors (Lipinski definition) is 4. The van der Waals surface area contributed by atoms with Crippen molar-refractivity contribution in [2.75, 3.05) is 37.6 Å². The minimum Gasteiger partial charge on any atom is -0.490 e. The van der Waals surface area contributed by atoms with Crippen LogP contribution in [-0.2, 0) is 4.79 Å². The van der Waals surface area contributed by atoms with Crippen molar-refractivity contribution in [3.8, 4) is 5.75 Å². The summed E-state index contributed by atoms with van der Waals surface area (Å²) >= 11 is 0. The van der Waals surface area contributed by atoms with Crippen LogP contribution in [0.5, 0.6) is 5.75 Å². The van der Waals surface area contributed by atoms with E-state index in [9.17, 15) is 9.90 Å². The van der Waals surface area contributed by atoms with Gasteiger partial charge < -0.3 is 14.7 Å². The first-order chi connectivity index (χ1) is 16.7. The molecule has 1 N–H and O–H groups in total. The quantitative estimate of drug-likeness (QED) is 0.522. The number of piperazine rings is 1. The molecule has 1 heterocycles. The Labute approximate surface area is 212 Å². The van der Waals surface area contributed by atoms with Gasteiger partial charge in [-0.25, -0.2) is 0 Å². The topological polar surface area (TPSA) is 53.0 Å². The molecule has 35 heavy (non-hydrogen) atoms. The summed E-state index contributed by atoms with van der Waals surface area (Å²) in [6, 6.07) is 8.79. The largest absolute Gasteiger partial charge is 0.490 e. The summed E-state index contributed by atoms with van der Waals surface area (Å²) in [5.41, 5.74) is 1.68. The van der Waals surface area contributed by atoms with Crippen molar-refractivity contribution in [1.82, 2.24) is 4.90 Å². The summed E-state index contributed by atoms with van der Waals surface area (Å²) in [5, 5.41) is 9.67. The molecule has 1 aliphatic heterocycles. The fourth-order valence-electron chi connectivity index (χ4n) is 7.43. The lowest BCUT2D eigenvalue weighted by molar-refractivity contribution is -0.159. The molecule has 0 aromatic heterocycles. The standard InChI is InChI=1S/C30H46N2O3/c1-28(2,3)23-4-8-25(9-5-23)35-26-10-6-24(7-11-26)32-20-18-31(19-21-32)22-29-12-15-30(16-13-29,17-14-29)27(33)34/h6-7,10-11,23,25H,4-5,8-9,12-22H2,1-3H3,(H,33,34). The first-order valence-electron chi connectivity index (χ1n) is 14.1. The third-order valence-corrected chi connectivity index (χ3v) is 10.2. The van der Waals surface area contributed by atoms with Crippen molar-refractivity contribution in [1.29, 1.82) is 0 Å². The summed E-state index contributed by atoms with van der Waals surface area (Å²) in [4.78, 5) is 16.9. The number of carboxylic acids is 1. The SMILES string of the molecule is CC(C)(C)C1CCC(Oc2ccc(N3CCN(CC45CCC(C(=O)O)(CC4)CC5)CC3)cc2)CC1. The second kappa shape index (κ2) is 9.61. The number of carboxylic acid groups (broad SMARTS) is 1. The molecule has 1 saturated heterocycles. The van der Waals surface area contributed by atoms with Crippen LogP contribution in [-0.4, -0.2) is 54.8 Å². The highest BCUT2D eigenvalue weighted by Gasteiger charge is 2.52. The number of rotatable bonds is 6. The van der Waals surface area contributed by atoms with Crippen LogP contribution in [0.25, 0.3) is 0 Å². The third kappa shape index (κ3) is 5.35. The predicted molar refractivity (Wildman–Crippen MR) is 141 cm³/mol. The molecule has 1 aromatic rings. The van der Waals surface area contributed by atoms with E-state index in [1.807, 2.05) is 0 Å². The number of ether oxygens (including phenoxy) is 1. The number of nitrogens with zero attached hydrogens (tertiary/aromatic N) is 2. The van der Waals surface area contributed by atoms with Gasteiger partial charge in [-0.2, -0.15) is 0 Å². The van der Waals surface area contributed by atoms with Gasteiger partial charge in [0, 0.05) is 38.4 Å². The van der Waals surface area contributed by atoms with Crippen LogP contribution >= 0.6 is 0 Å². The molecule has 2 bridgehead atoms. The Balaban J connectivity index is 1.07. The molecule has 0 amide bonds. The van der Waals surface area contributed by atoms with Crippen LogP contribution in [0.2, 0.25) is 0 Å². The average Bonchev–Trinajstić information content (AvgIpc) is 2.86. The van der Waals surface area contributed by atoms with Gasteiger partial charge in [-0.15, -0.1) is 0 Å². The highest BCUT2D eigenvalue weighted by Crippen LogP contribution is 2.57. The second-order valence-electron chi connectivity index (χ2n) is 13.3. The second-order valence-corrected chi connectivity index (χ2v) is 13.3. The van der Waals surface area contributed by atoms with Gasteiger partial charge in [-0.3, -0.25) is 9.69 Å². The van der Waals surface area contributed by atoms with E-state index in [-0.39, 0.29) is 0 Å². The van der Waals surface area contributed by atoms with E-state index in [1.54, 1.807) is 0 Å². The van der Waals surface area contributed by atoms with Gasteiger partial charge in [0.25, 0.3) is 0 Å². The number of aliphatic carboxylic acids is 1. The lowest BCUT2D eigenvalue weighted by Crippen LogP contribution is -2.54. The normalized spacial score (nSPS) is 34.1. The Hall–Kier alpha value is -1.75. The molecule has 5 heteroatoms. The van der Waals surface area contributed by atoms with Gasteiger partial charge in [0.05, 0.1) is 11.5 Å². The Morgan fingerprint density at radius 2 is 1.49 bits per heavy atom. The van der Waals surface area contributed by atoms with Gasteiger partial charge in [0.1, 0.15) is 5.75 Å². The molecule has 194 valence electrons. The van der Waals surface area contributed by atoms with Gasteiger partial charge in [-0.05, 0) is 105 Å². The Morgan fingerprint density at radius 3 is 2.00 bits per heavy atom. The Morgan fingerprint density at radius 1 is 0.914 bits per heavy atom. The molecule has 4 saturated carbocycles. The summed E-state index contributed by atoms with van der Waals surface area (Å²) in [5.74, 6) is 1.28. The van der Waals surface area contributed by atoms with Crippen LogP contribution in [0.15, 0.2) is 24.3 Å². The molecule has 0 radical (unpaired) electrons. The van der Waals surface area contributed by atoms with Gasteiger partial charge in [0.15, 0.2) is 0 Å². The molecule has 0 unspecified atom stereocenters. The van der Waals surface area contributed by atoms with Gasteiger partial charge in [0.2, 0.25) is 0 Å². The number of hydrogen-bond donors (Lipinski definition) is 1. The number of benzene rings is 1. The molecule has 4 aliphatic carbocycles. The molecule has 6 rings (SSSR count). The van der Waals surface area contributed by atoms with Gasteiger partial charge >= 0.3 is 5.97 Å². The number of anilines is 1. The predicted octanol–water partition coefficient (Wildman–Crippen LogP) is 6.22. The van der Waals surface area contributed by atoms with E-state index < -0.39 is 11.4 Å². The Bertz CT molecular complexity index is 849. The fourth-order valence-corrected chi connectivity index (χ4v) is 7.43. The first kappa shape index (κ1) is 24.9. The molecule has 0 spiro atoms. The van der Waals surface area contributed by atoms with Crippen LogP contribution in [0, 0.1) is 22.2 Å². The maximum atomic E-state index is 11.7. The fraction of sp³-hybridized carbons (Fsp3) is 0.767. The van der Waals surface area contributed by atoms with Crippen LogP contribution in [0.4, 0.5) is 5.69 Å². The third-order valence-electron chi connectivity index (χ3n) is 10.2. The molecule has 5 aliphatic rings. The van der Waals surface area contributed by atoms with Crippen molar-refractivity contribution >= 4 is 11.7 Å². The summed E-state index contributed by atoms with van der Waals surface area (Å²) in [7, 11) is 0. The van der Waals surface area contributed by atoms with Crippen molar-refractivity contribution in [2.24, 2.45) is 22.2 Å². The highest BCUT2D eigenvalue weighted by molar-refractivity contribution is 5.75. The van der Waals surface area contributed by atoms with E-state index in [2.05, 4.69) is 54.8 Å². The molecule has 5 nitrogen and oxygen atoms in total. The molecule has 0 atom stereocenters. The molecule has 5 fully saturated rings. The van der Waals surface area contributed by atoms with E-state index in [0.29, 0.717) is 16.9 Å². The lowest BCUT2D eigenvalue weighted by Gasteiger charge is -2.53. The van der Waals surface area contributed by atoms with Crippen LogP contribution in [0.1, 0.15) is 85.0 Å². The summed E-state index contributed by atoms with van der Waals surface area (Å²) in [6.07, 6.45) is 11.2. The average molecular weight is 483 g/mol. The first-order valence-corrected chi connectivity index (χ1v) is 14.1. The van der Waals surface area contributed by atoms with E-state index >= 15 is 0 Å². The van der Waals surface area contributed by atoms with Gasteiger partial charge in [-0.1, -0.05) is 20.8 Å². The van der Waals surface area contributed by atoms with Crippen molar-refractivity contribution in [3.63, 3.8) is 0 Å². The number of carbonyl (C=O) groups is 1. The number of fused-ring (bicyclic) bond motifs is 3. The van der Waals surface area contributed by atoms with Crippen molar-refractivity contribution in [2.45, 2.75) is 91.1 Å². The zero-order valence-electron chi connectivity index (χ0n) is 22.2.